The van der Waals surface area contributed by atoms with Crippen LogP contribution >= 0.6 is 0 Å². The van der Waals surface area contributed by atoms with Gasteiger partial charge in [0.1, 0.15) is 5.78 Å². The Morgan fingerprint density at radius 1 is 1.24 bits per heavy atom. The molecule has 0 amide bonds. The highest BCUT2D eigenvalue weighted by Crippen LogP contribution is 2.30. The molecule has 0 saturated heterocycles. The Hall–Kier alpha value is -0.630. The van der Waals surface area contributed by atoms with Gasteiger partial charge in [-0.25, -0.2) is 0 Å². The lowest BCUT2D eigenvalue weighted by atomic mass is 9.80. The molecule has 1 saturated carbocycles. The number of carbonyl (C=O) groups is 1. The lowest BCUT2D eigenvalue weighted by Crippen LogP contribution is -2.31. The number of ketones is 1. The zero-order valence-corrected chi connectivity index (χ0v) is 12.2. The van der Waals surface area contributed by atoms with Gasteiger partial charge in [0.05, 0.1) is 6.04 Å². The standard InChI is InChI=1S/C11H21NO.C2H6.C2H4/c1-8-3-5-10(6-4-8)7-11(12)9(2)13;2*1-2/h8,10-11H,3-7,12H2,1-2H3;1-2H3;1-2H2/t8?,10?,11-;;/m0../s1. The molecule has 1 aliphatic carbocycles. The average Bonchev–Trinajstić information content (AvgIpc) is 2.37. The topological polar surface area (TPSA) is 43.1 Å². The molecule has 1 rings (SSSR count). The summed E-state index contributed by atoms with van der Waals surface area (Å²) in [7, 11) is 0. The molecule has 1 fully saturated rings. The zero-order chi connectivity index (χ0) is 13.8. The summed E-state index contributed by atoms with van der Waals surface area (Å²) in [6.07, 6.45) is 6.07. The van der Waals surface area contributed by atoms with Gasteiger partial charge in [0.25, 0.3) is 0 Å². The molecule has 2 nitrogen and oxygen atoms in total. The van der Waals surface area contributed by atoms with Crippen molar-refractivity contribution in [1.29, 1.82) is 0 Å². The van der Waals surface area contributed by atoms with Crippen molar-refractivity contribution < 1.29 is 4.79 Å². The first-order chi connectivity index (χ1) is 8.09. The fourth-order valence-corrected chi connectivity index (χ4v) is 2.09. The van der Waals surface area contributed by atoms with Gasteiger partial charge < -0.3 is 5.73 Å². The predicted molar refractivity (Wildman–Crippen MR) is 77.0 cm³/mol. The summed E-state index contributed by atoms with van der Waals surface area (Å²) in [5, 5.41) is 0. The lowest BCUT2D eigenvalue weighted by molar-refractivity contribution is -0.118. The minimum Gasteiger partial charge on any atom is -0.322 e. The molecule has 0 radical (unpaired) electrons. The highest BCUT2D eigenvalue weighted by atomic mass is 16.1. The minimum atomic E-state index is -0.210. The molecule has 0 aliphatic heterocycles. The summed E-state index contributed by atoms with van der Waals surface area (Å²) in [6, 6.07) is -0.210. The third-order valence-electron chi connectivity index (χ3n) is 3.24. The third kappa shape index (κ3) is 9.11. The third-order valence-corrected chi connectivity index (χ3v) is 3.24. The Balaban J connectivity index is 0. The van der Waals surface area contributed by atoms with E-state index in [0.29, 0.717) is 5.92 Å². The van der Waals surface area contributed by atoms with E-state index >= 15 is 0 Å². The molecule has 2 N–H and O–H groups in total. The predicted octanol–water partition coefficient (Wildman–Crippen LogP) is 3.95. The maximum atomic E-state index is 11.0. The van der Waals surface area contributed by atoms with Gasteiger partial charge in [0.2, 0.25) is 0 Å². The van der Waals surface area contributed by atoms with Gasteiger partial charge in [-0.05, 0) is 25.2 Å². The molecule has 0 aromatic heterocycles. The van der Waals surface area contributed by atoms with Crippen molar-refractivity contribution in [3.63, 3.8) is 0 Å². The van der Waals surface area contributed by atoms with Crippen LogP contribution in [-0.4, -0.2) is 11.8 Å². The second-order valence-corrected chi connectivity index (χ2v) is 4.58. The fourth-order valence-electron chi connectivity index (χ4n) is 2.09. The summed E-state index contributed by atoms with van der Waals surface area (Å²) < 4.78 is 0. The van der Waals surface area contributed by atoms with Gasteiger partial charge >= 0.3 is 0 Å². The molecule has 0 spiro atoms. The van der Waals surface area contributed by atoms with Crippen LogP contribution in [0.2, 0.25) is 0 Å². The largest absolute Gasteiger partial charge is 0.322 e. The number of hydrogen-bond donors (Lipinski definition) is 1. The molecule has 0 heterocycles. The Labute approximate surface area is 108 Å². The smallest absolute Gasteiger partial charge is 0.146 e. The Morgan fingerprint density at radius 3 is 2.00 bits per heavy atom. The fraction of sp³-hybridized carbons (Fsp3) is 0.800. The van der Waals surface area contributed by atoms with E-state index in [9.17, 15) is 4.79 Å². The van der Waals surface area contributed by atoms with Crippen LogP contribution in [0.15, 0.2) is 13.2 Å². The van der Waals surface area contributed by atoms with E-state index in [4.69, 9.17) is 5.73 Å². The van der Waals surface area contributed by atoms with Crippen LogP contribution in [0, 0.1) is 11.8 Å². The number of carbonyl (C=O) groups excluding carboxylic acids is 1. The van der Waals surface area contributed by atoms with Crippen molar-refractivity contribution >= 4 is 5.78 Å². The van der Waals surface area contributed by atoms with E-state index in [0.717, 1.165) is 12.3 Å². The number of rotatable bonds is 3. The van der Waals surface area contributed by atoms with Crippen molar-refractivity contribution in [1.82, 2.24) is 0 Å². The molecule has 0 bridgehead atoms. The maximum Gasteiger partial charge on any atom is 0.146 e. The molecule has 2 heteroatoms. The summed E-state index contributed by atoms with van der Waals surface area (Å²) >= 11 is 0. The van der Waals surface area contributed by atoms with Crippen molar-refractivity contribution in [2.45, 2.75) is 65.8 Å². The summed E-state index contributed by atoms with van der Waals surface area (Å²) in [5.74, 6) is 1.72. The minimum absolute atomic E-state index is 0.138. The van der Waals surface area contributed by atoms with Crippen LogP contribution in [-0.2, 0) is 4.79 Å². The first-order valence-electron chi connectivity index (χ1n) is 6.85. The molecule has 102 valence electrons. The van der Waals surface area contributed by atoms with Crippen molar-refractivity contribution in [2.24, 2.45) is 17.6 Å². The van der Waals surface area contributed by atoms with Gasteiger partial charge in [-0.1, -0.05) is 46.5 Å². The number of hydrogen-bond acceptors (Lipinski definition) is 2. The first kappa shape index (κ1) is 18.7. The van der Waals surface area contributed by atoms with Crippen LogP contribution in [0.4, 0.5) is 0 Å². The molecular formula is C15H31NO. The normalized spacial score (nSPS) is 24.5. The van der Waals surface area contributed by atoms with E-state index in [-0.39, 0.29) is 11.8 Å². The SMILES string of the molecule is C=C.CC.CC(=O)[C@@H](N)CC1CCC(C)CC1. The quantitative estimate of drug-likeness (QED) is 0.760. The molecule has 0 aromatic carbocycles. The Morgan fingerprint density at radius 2 is 1.65 bits per heavy atom. The average molecular weight is 241 g/mol. The van der Waals surface area contributed by atoms with Crippen LogP contribution in [0.5, 0.6) is 0 Å². The summed E-state index contributed by atoms with van der Waals surface area (Å²) in [5.41, 5.74) is 5.73. The molecule has 17 heavy (non-hydrogen) atoms. The molecule has 0 aromatic rings. The monoisotopic (exact) mass is 241 g/mol. The summed E-state index contributed by atoms with van der Waals surface area (Å²) in [6.45, 7) is 13.9. The van der Waals surface area contributed by atoms with E-state index in [2.05, 4.69) is 20.1 Å². The second kappa shape index (κ2) is 11.8. The van der Waals surface area contributed by atoms with Crippen molar-refractivity contribution in [2.75, 3.05) is 0 Å². The van der Waals surface area contributed by atoms with E-state index in [1.807, 2.05) is 13.8 Å². The van der Waals surface area contributed by atoms with Gasteiger partial charge in [-0.15, -0.1) is 13.2 Å². The molecule has 1 atom stereocenters. The molecule has 1 aliphatic rings. The van der Waals surface area contributed by atoms with Crippen LogP contribution < -0.4 is 5.73 Å². The number of nitrogens with two attached hydrogens (primary N) is 1. The number of Topliss-reactive ketones (excluding diaryl/α,β-unsaturated/α-hetero) is 1. The zero-order valence-electron chi connectivity index (χ0n) is 12.2. The lowest BCUT2D eigenvalue weighted by Gasteiger charge is -2.27. The molecular weight excluding hydrogens is 210 g/mol. The van der Waals surface area contributed by atoms with E-state index in [1.165, 1.54) is 25.7 Å². The maximum absolute atomic E-state index is 11.0. The first-order valence-corrected chi connectivity index (χ1v) is 6.85. The van der Waals surface area contributed by atoms with Gasteiger partial charge in [-0.2, -0.15) is 0 Å². The van der Waals surface area contributed by atoms with Crippen molar-refractivity contribution in [3.05, 3.63) is 13.2 Å². The highest BCUT2D eigenvalue weighted by Gasteiger charge is 2.21. The van der Waals surface area contributed by atoms with Crippen molar-refractivity contribution in [3.8, 4) is 0 Å². The van der Waals surface area contributed by atoms with E-state index in [1.54, 1.807) is 6.92 Å². The Bertz CT molecular complexity index is 183. The van der Waals surface area contributed by atoms with Crippen LogP contribution in [0.25, 0.3) is 0 Å². The van der Waals surface area contributed by atoms with Gasteiger partial charge in [-0.3, -0.25) is 4.79 Å². The van der Waals surface area contributed by atoms with Crippen LogP contribution in [0.1, 0.15) is 59.8 Å². The van der Waals surface area contributed by atoms with Gasteiger partial charge in [0, 0.05) is 0 Å². The van der Waals surface area contributed by atoms with E-state index < -0.39 is 0 Å². The van der Waals surface area contributed by atoms with Gasteiger partial charge in [0.15, 0.2) is 0 Å². The van der Waals surface area contributed by atoms with Crippen LogP contribution in [0.3, 0.4) is 0 Å². The molecule has 0 unspecified atom stereocenters. The Kier molecular flexibility index (Phi) is 13.0. The summed E-state index contributed by atoms with van der Waals surface area (Å²) in [4.78, 5) is 11.0. The highest BCUT2D eigenvalue weighted by molar-refractivity contribution is 5.81. The second-order valence-electron chi connectivity index (χ2n) is 4.58.